The number of amides is 1. The molecule has 2 aromatic heterocycles. The minimum Gasteiger partial charge on any atom is -0.394 e. The van der Waals surface area contributed by atoms with E-state index in [1.807, 2.05) is 0 Å². The van der Waals surface area contributed by atoms with Crippen molar-refractivity contribution >= 4 is 28.9 Å². The topological polar surface area (TPSA) is 98.7 Å². The van der Waals surface area contributed by atoms with Gasteiger partial charge in [-0.2, -0.15) is 5.10 Å². The van der Waals surface area contributed by atoms with E-state index in [-0.39, 0.29) is 5.91 Å². The van der Waals surface area contributed by atoms with Gasteiger partial charge in [-0.05, 0) is 25.4 Å². The molecule has 8 heteroatoms. The Labute approximate surface area is 102 Å². The van der Waals surface area contributed by atoms with Gasteiger partial charge in [0.1, 0.15) is 4.88 Å². The van der Waals surface area contributed by atoms with Crippen molar-refractivity contribution in [2.45, 2.75) is 13.8 Å². The van der Waals surface area contributed by atoms with Crippen molar-refractivity contribution in [3.8, 4) is 0 Å². The molecule has 0 atom stereocenters. The van der Waals surface area contributed by atoms with Crippen LogP contribution in [0.5, 0.6) is 0 Å². The summed E-state index contributed by atoms with van der Waals surface area (Å²) in [7, 11) is 1.72. The largest absolute Gasteiger partial charge is 0.394 e. The fourth-order valence-electron chi connectivity index (χ4n) is 1.43. The second-order valence-corrected chi connectivity index (χ2v) is 4.37. The lowest BCUT2D eigenvalue weighted by molar-refractivity contribution is 0.102. The first-order valence-corrected chi connectivity index (χ1v) is 5.67. The van der Waals surface area contributed by atoms with Crippen LogP contribution in [0.15, 0.2) is 0 Å². The van der Waals surface area contributed by atoms with E-state index >= 15 is 0 Å². The van der Waals surface area contributed by atoms with Crippen LogP contribution in [0.4, 0.5) is 11.5 Å². The third-order valence-corrected chi connectivity index (χ3v) is 3.18. The van der Waals surface area contributed by atoms with Crippen LogP contribution in [0.2, 0.25) is 0 Å². The molecule has 0 spiro atoms. The second kappa shape index (κ2) is 4.13. The summed E-state index contributed by atoms with van der Waals surface area (Å²) in [6.07, 6.45) is 0. The number of carbonyl (C=O) groups is 1. The predicted molar refractivity (Wildman–Crippen MR) is 65.0 cm³/mol. The molecular weight excluding hydrogens is 240 g/mol. The Kier molecular flexibility index (Phi) is 2.80. The van der Waals surface area contributed by atoms with E-state index in [0.717, 1.165) is 11.5 Å². The van der Waals surface area contributed by atoms with Crippen molar-refractivity contribution in [1.82, 2.24) is 19.4 Å². The fraction of sp³-hybridized carbons (Fsp3) is 0.333. The Morgan fingerprint density at radius 2 is 2.12 bits per heavy atom. The number of hydrogen-bond acceptors (Lipinski definition) is 6. The molecule has 0 aromatic carbocycles. The number of aryl methyl sites for hydroxylation is 3. The van der Waals surface area contributed by atoms with E-state index in [9.17, 15) is 4.79 Å². The first-order valence-electron chi connectivity index (χ1n) is 4.90. The summed E-state index contributed by atoms with van der Waals surface area (Å²) in [6, 6.07) is 0. The zero-order valence-electron chi connectivity index (χ0n) is 9.68. The van der Waals surface area contributed by atoms with Gasteiger partial charge in [-0.3, -0.25) is 9.48 Å². The Hall–Kier alpha value is -1.96. The van der Waals surface area contributed by atoms with Gasteiger partial charge in [0.15, 0.2) is 5.82 Å². The van der Waals surface area contributed by atoms with E-state index in [4.69, 9.17) is 5.73 Å². The normalized spacial score (nSPS) is 10.5. The van der Waals surface area contributed by atoms with Crippen LogP contribution >= 0.6 is 11.5 Å². The fourth-order valence-corrected chi connectivity index (χ4v) is 1.98. The maximum atomic E-state index is 11.9. The third-order valence-electron chi connectivity index (χ3n) is 2.36. The summed E-state index contributed by atoms with van der Waals surface area (Å²) in [5, 5.41) is 10.6. The van der Waals surface area contributed by atoms with Crippen molar-refractivity contribution in [1.29, 1.82) is 0 Å². The summed E-state index contributed by atoms with van der Waals surface area (Å²) in [5.41, 5.74) is 7.57. The molecule has 90 valence electrons. The molecule has 0 bridgehead atoms. The number of anilines is 2. The molecule has 0 fully saturated rings. The zero-order valence-corrected chi connectivity index (χ0v) is 10.5. The van der Waals surface area contributed by atoms with E-state index in [0.29, 0.717) is 27.8 Å². The summed E-state index contributed by atoms with van der Waals surface area (Å²) < 4.78 is 5.25. The van der Waals surface area contributed by atoms with Gasteiger partial charge in [0.2, 0.25) is 0 Å². The summed E-state index contributed by atoms with van der Waals surface area (Å²) in [5.74, 6) is 0.215. The average molecular weight is 252 g/mol. The molecule has 17 heavy (non-hydrogen) atoms. The third kappa shape index (κ3) is 1.98. The summed E-state index contributed by atoms with van der Waals surface area (Å²) >= 11 is 1.05. The second-order valence-electron chi connectivity index (χ2n) is 3.61. The van der Waals surface area contributed by atoms with Crippen LogP contribution in [0.1, 0.15) is 21.1 Å². The smallest absolute Gasteiger partial charge is 0.270 e. The Morgan fingerprint density at radius 3 is 2.59 bits per heavy atom. The Balaban J connectivity index is 2.28. The van der Waals surface area contributed by atoms with Gasteiger partial charge in [-0.25, -0.2) is 0 Å². The maximum Gasteiger partial charge on any atom is 0.270 e. The predicted octanol–water partition coefficient (Wildman–Crippen LogP) is 0.723. The number of nitrogens with zero attached hydrogens (tertiary/aromatic N) is 4. The van der Waals surface area contributed by atoms with E-state index in [1.165, 1.54) is 4.68 Å². The van der Waals surface area contributed by atoms with Crippen LogP contribution in [-0.2, 0) is 7.05 Å². The van der Waals surface area contributed by atoms with Gasteiger partial charge < -0.3 is 11.1 Å². The van der Waals surface area contributed by atoms with Gasteiger partial charge in [-0.1, -0.05) is 4.49 Å². The highest BCUT2D eigenvalue weighted by molar-refractivity contribution is 7.08. The number of nitrogens with two attached hydrogens (primary N) is 1. The van der Waals surface area contributed by atoms with E-state index in [1.54, 1.807) is 20.9 Å². The molecule has 2 aromatic rings. The number of carbonyl (C=O) groups excluding carboxylic acids is 1. The number of hydrogen-bond donors (Lipinski definition) is 2. The molecule has 3 N–H and O–H groups in total. The standard InChI is InChI=1S/C9H12N6OS/c1-4-6(10)8(15(3)13-4)11-9(16)7-5(2)12-14-17-7/h10H2,1-3H3,(H,11,16). The molecule has 0 unspecified atom stereocenters. The molecule has 2 rings (SSSR count). The van der Waals surface area contributed by atoms with Crippen LogP contribution in [-0.4, -0.2) is 25.3 Å². The van der Waals surface area contributed by atoms with Gasteiger partial charge in [0.25, 0.3) is 5.91 Å². The Bertz CT molecular complexity index is 572. The number of nitrogen functional groups attached to an aromatic ring is 1. The molecule has 0 aliphatic carbocycles. The lowest BCUT2D eigenvalue weighted by Gasteiger charge is -2.04. The molecule has 0 saturated carbocycles. The van der Waals surface area contributed by atoms with Crippen molar-refractivity contribution in [2.24, 2.45) is 7.05 Å². The highest BCUT2D eigenvalue weighted by Gasteiger charge is 2.17. The van der Waals surface area contributed by atoms with Crippen LogP contribution in [0, 0.1) is 13.8 Å². The number of aromatic nitrogens is 4. The monoisotopic (exact) mass is 252 g/mol. The average Bonchev–Trinajstić information content (AvgIpc) is 2.78. The molecule has 1 amide bonds. The molecule has 0 saturated heterocycles. The lowest BCUT2D eigenvalue weighted by Crippen LogP contribution is -2.15. The highest BCUT2D eigenvalue weighted by atomic mass is 32.1. The van der Waals surface area contributed by atoms with Gasteiger partial charge in [0, 0.05) is 7.05 Å². The summed E-state index contributed by atoms with van der Waals surface area (Å²) in [6.45, 7) is 3.51. The van der Waals surface area contributed by atoms with Crippen LogP contribution in [0.25, 0.3) is 0 Å². The van der Waals surface area contributed by atoms with Crippen molar-refractivity contribution < 1.29 is 4.79 Å². The quantitative estimate of drug-likeness (QED) is 0.820. The van der Waals surface area contributed by atoms with Gasteiger partial charge in [0.05, 0.1) is 17.1 Å². The van der Waals surface area contributed by atoms with Gasteiger partial charge in [-0.15, -0.1) is 5.10 Å². The molecule has 7 nitrogen and oxygen atoms in total. The molecule has 2 heterocycles. The van der Waals surface area contributed by atoms with Crippen LogP contribution in [0.3, 0.4) is 0 Å². The lowest BCUT2D eigenvalue weighted by atomic mass is 10.3. The maximum absolute atomic E-state index is 11.9. The molecule has 0 aliphatic rings. The molecule has 0 aliphatic heterocycles. The van der Waals surface area contributed by atoms with Crippen molar-refractivity contribution in [3.63, 3.8) is 0 Å². The van der Waals surface area contributed by atoms with Crippen molar-refractivity contribution in [3.05, 3.63) is 16.3 Å². The Morgan fingerprint density at radius 1 is 1.41 bits per heavy atom. The zero-order chi connectivity index (χ0) is 12.6. The molecule has 0 radical (unpaired) electrons. The first-order chi connectivity index (χ1) is 8.00. The molecular formula is C9H12N6OS. The minimum atomic E-state index is -0.271. The van der Waals surface area contributed by atoms with E-state index < -0.39 is 0 Å². The minimum absolute atomic E-state index is 0.271. The number of nitrogens with one attached hydrogen (secondary N) is 1. The van der Waals surface area contributed by atoms with E-state index in [2.05, 4.69) is 20.0 Å². The SMILES string of the molecule is Cc1nnsc1C(=O)Nc1c(N)c(C)nn1C. The number of rotatable bonds is 2. The van der Waals surface area contributed by atoms with Crippen LogP contribution < -0.4 is 11.1 Å². The van der Waals surface area contributed by atoms with Gasteiger partial charge >= 0.3 is 0 Å². The first kappa shape index (κ1) is 11.5. The summed E-state index contributed by atoms with van der Waals surface area (Å²) in [4.78, 5) is 12.4. The highest BCUT2D eigenvalue weighted by Crippen LogP contribution is 2.22. The van der Waals surface area contributed by atoms with Crippen molar-refractivity contribution in [2.75, 3.05) is 11.1 Å².